The SMILES string of the molecule is C[C@@H](C(=O)NC1CCCC1)N(C)Cc1ccc2c(c1)OCO2. The Hall–Kier alpha value is -1.75. The van der Waals surface area contributed by atoms with Crippen LogP contribution < -0.4 is 14.8 Å². The molecule has 1 aromatic rings. The topological polar surface area (TPSA) is 50.8 Å². The monoisotopic (exact) mass is 304 g/mol. The summed E-state index contributed by atoms with van der Waals surface area (Å²) in [5.74, 6) is 1.70. The lowest BCUT2D eigenvalue weighted by Crippen LogP contribution is -2.46. The average molecular weight is 304 g/mol. The number of carbonyl (C=O) groups is 1. The number of benzene rings is 1. The van der Waals surface area contributed by atoms with E-state index in [1.165, 1.54) is 12.8 Å². The second-order valence-electron chi connectivity index (χ2n) is 6.27. The summed E-state index contributed by atoms with van der Waals surface area (Å²) in [4.78, 5) is 14.4. The minimum Gasteiger partial charge on any atom is -0.454 e. The molecule has 0 saturated heterocycles. The maximum absolute atomic E-state index is 12.3. The van der Waals surface area contributed by atoms with E-state index in [0.717, 1.165) is 29.9 Å². The number of likely N-dealkylation sites (N-methyl/N-ethyl adjacent to an activating group) is 1. The fourth-order valence-electron chi connectivity index (χ4n) is 3.06. The molecule has 1 saturated carbocycles. The number of nitrogens with zero attached hydrogens (tertiary/aromatic N) is 1. The molecule has 3 rings (SSSR count). The van der Waals surface area contributed by atoms with Gasteiger partial charge in [0.25, 0.3) is 0 Å². The standard InChI is InChI=1S/C17H24N2O3/c1-12(17(20)18-14-5-3-4-6-14)19(2)10-13-7-8-15-16(9-13)22-11-21-15/h7-9,12,14H,3-6,10-11H2,1-2H3,(H,18,20)/t12-/m0/s1. The van der Waals surface area contributed by atoms with Crippen molar-refractivity contribution in [2.75, 3.05) is 13.8 Å². The quantitative estimate of drug-likeness (QED) is 0.907. The van der Waals surface area contributed by atoms with Crippen LogP contribution in [0.5, 0.6) is 11.5 Å². The number of hydrogen-bond acceptors (Lipinski definition) is 4. The molecule has 0 unspecified atom stereocenters. The molecule has 1 fully saturated rings. The van der Waals surface area contributed by atoms with Gasteiger partial charge < -0.3 is 14.8 Å². The van der Waals surface area contributed by atoms with E-state index in [1.807, 2.05) is 32.2 Å². The summed E-state index contributed by atoms with van der Waals surface area (Å²) in [5.41, 5.74) is 1.12. The van der Waals surface area contributed by atoms with E-state index in [4.69, 9.17) is 9.47 Å². The van der Waals surface area contributed by atoms with Crippen LogP contribution in [0.4, 0.5) is 0 Å². The summed E-state index contributed by atoms with van der Waals surface area (Å²) in [6.07, 6.45) is 4.69. The largest absolute Gasteiger partial charge is 0.454 e. The van der Waals surface area contributed by atoms with Crippen molar-refractivity contribution in [2.24, 2.45) is 0 Å². The van der Waals surface area contributed by atoms with E-state index >= 15 is 0 Å². The Morgan fingerprint density at radius 1 is 1.32 bits per heavy atom. The number of rotatable bonds is 5. The molecular formula is C17H24N2O3. The molecule has 1 amide bonds. The van der Waals surface area contributed by atoms with E-state index < -0.39 is 0 Å². The summed E-state index contributed by atoms with van der Waals surface area (Å²) < 4.78 is 10.7. The van der Waals surface area contributed by atoms with E-state index in [1.54, 1.807) is 0 Å². The number of ether oxygens (including phenoxy) is 2. The first-order valence-electron chi connectivity index (χ1n) is 8.02. The van der Waals surface area contributed by atoms with Gasteiger partial charge in [0.1, 0.15) is 0 Å². The summed E-state index contributed by atoms with van der Waals surface area (Å²) in [6.45, 7) is 2.95. The number of fused-ring (bicyclic) bond motifs is 1. The zero-order valence-electron chi connectivity index (χ0n) is 13.3. The molecule has 1 atom stereocenters. The maximum Gasteiger partial charge on any atom is 0.237 e. The van der Waals surface area contributed by atoms with Gasteiger partial charge in [0.2, 0.25) is 12.7 Å². The zero-order valence-corrected chi connectivity index (χ0v) is 13.3. The molecule has 1 aromatic carbocycles. The molecule has 1 aliphatic carbocycles. The molecule has 2 aliphatic rings. The minimum atomic E-state index is -0.147. The number of nitrogens with one attached hydrogen (secondary N) is 1. The van der Waals surface area contributed by atoms with Crippen LogP contribution in [-0.4, -0.2) is 36.7 Å². The van der Waals surface area contributed by atoms with Crippen LogP contribution in [0.15, 0.2) is 18.2 Å². The van der Waals surface area contributed by atoms with Crippen molar-refractivity contribution in [2.45, 2.75) is 51.2 Å². The molecule has 120 valence electrons. The van der Waals surface area contributed by atoms with E-state index in [0.29, 0.717) is 12.6 Å². The highest BCUT2D eigenvalue weighted by atomic mass is 16.7. The molecule has 22 heavy (non-hydrogen) atoms. The van der Waals surface area contributed by atoms with Crippen LogP contribution in [0.25, 0.3) is 0 Å². The average Bonchev–Trinajstić information content (AvgIpc) is 3.16. The molecule has 1 heterocycles. The second-order valence-corrected chi connectivity index (χ2v) is 6.27. The second kappa shape index (κ2) is 6.57. The molecule has 5 heteroatoms. The summed E-state index contributed by atoms with van der Waals surface area (Å²) >= 11 is 0. The number of amides is 1. The van der Waals surface area contributed by atoms with E-state index in [9.17, 15) is 4.79 Å². The molecule has 0 spiro atoms. The van der Waals surface area contributed by atoms with Crippen LogP contribution >= 0.6 is 0 Å². The van der Waals surface area contributed by atoms with Crippen molar-refractivity contribution in [1.82, 2.24) is 10.2 Å². The third kappa shape index (κ3) is 3.35. The van der Waals surface area contributed by atoms with Gasteiger partial charge in [0, 0.05) is 12.6 Å². The molecule has 1 N–H and O–H groups in total. The smallest absolute Gasteiger partial charge is 0.237 e. The number of hydrogen-bond donors (Lipinski definition) is 1. The highest BCUT2D eigenvalue weighted by Crippen LogP contribution is 2.32. The summed E-state index contributed by atoms with van der Waals surface area (Å²) in [6, 6.07) is 6.15. The Kier molecular flexibility index (Phi) is 4.52. The van der Waals surface area contributed by atoms with Gasteiger partial charge in [-0.3, -0.25) is 9.69 Å². The van der Waals surface area contributed by atoms with Crippen molar-refractivity contribution >= 4 is 5.91 Å². The van der Waals surface area contributed by atoms with E-state index in [2.05, 4.69) is 10.2 Å². The van der Waals surface area contributed by atoms with Gasteiger partial charge in [0.15, 0.2) is 11.5 Å². The van der Waals surface area contributed by atoms with Crippen LogP contribution in [0.3, 0.4) is 0 Å². The number of carbonyl (C=O) groups excluding carboxylic acids is 1. The minimum absolute atomic E-state index is 0.121. The fourth-order valence-corrected chi connectivity index (χ4v) is 3.06. The lowest BCUT2D eigenvalue weighted by Gasteiger charge is -2.25. The van der Waals surface area contributed by atoms with Crippen molar-refractivity contribution in [3.63, 3.8) is 0 Å². The highest BCUT2D eigenvalue weighted by molar-refractivity contribution is 5.81. The van der Waals surface area contributed by atoms with Gasteiger partial charge in [0.05, 0.1) is 6.04 Å². The lowest BCUT2D eigenvalue weighted by atomic mass is 10.1. The normalized spacial score (nSPS) is 18.7. The Bertz CT molecular complexity index is 541. The van der Waals surface area contributed by atoms with Crippen molar-refractivity contribution in [3.05, 3.63) is 23.8 Å². The molecule has 0 bridgehead atoms. The summed E-state index contributed by atoms with van der Waals surface area (Å²) in [7, 11) is 1.98. The van der Waals surface area contributed by atoms with Gasteiger partial charge >= 0.3 is 0 Å². The Labute approximate surface area is 131 Å². The van der Waals surface area contributed by atoms with Crippen LogP contribution in [-0.2, 0) is 11.3 Å². The first kappa shape index (κ1) is 15.2. The van der Waals surface area contributed by atoms with Gasteiger partial charge in [-0.1, -0.05) is 18.9 Å². The molecule has 0 radical (unpaired) electrons. The van der Waals surface area contributed by atoms with Crippen LogP contribution in [0.2, 0.25) is 0 Å². The third-order valence-electron chi connectivity index (χ3n) is 4.61. The molecule has 0 aromatic heterocycles. The van der Waals surface area contributed by atoms with Gasteiger partial charge in [-0.25, -0.2) is 0 Å². The zero-order chi connectivity index (χ0) is 15.5. The summed E-state index contributed by atoms with van der Waals surface area (Å²) in [5, 5.41) is 3.16. The van der Waals surface area contributed by atoms with Gasteiger partial charge in [-0.15, -0.1) is 0 Å². The Morgan fingerprint density at radius 3 is 2.82 bits per heavy atom. The predicted molar refractivity (Wildman–Crippen MR) is 83.9 cm³/mol. The Morgan fingerprint density at radius 2 is 2.05 bits per heavy atom. The van der Waals surface area contributed by atoms with Crippen LogP contribution in [0, 0.1) is 0 Å². The molecular weight excluding hydrogens is 280 g/mol. The lowest BCUT2D eigenvalue weighted by molar-refractivity contribution is -0.126. The van der Waals surface area contributed by atoms with Gasteiger partial charge in [-0.2, -0.15) is 0 Å². The first-order valence-corrected chi connectivity index (χ1v) is 8.02. The maximum atomic E-state index is 12.3. The van der Waals surface area contributed by atoms with Gasteiger partial charge in [-0.05, 0) is 44.5 Å². The molecule has 1 aliphatic heterocycles. The third-order valence-corrected chi connectivity index (χ3v) is 4.61. The fraction of sp³-hybridized carbons (Fsp3) is 0.588. The molecule has 5 nitrogen and oxygen atoms in total. The Balaban J connectivity index is 1.56. The predicted octanol–water partition coefficient (Wildman–Crippen LogP) is 2.29. The van der Waals surface area contributed by atoms with E-state index in [-0.39, 0.29) is 18.7 Å². The first-order chi connectivity index (χ1) is 10.6. The van der Waals surface area contributed by atoms with Crippen molar-refractivity contribution in [1.29, 1.82) is 0 Å². The highest BCUT2D eigenvalue weighted by Gasteiger charge is 2.23. The van der Waals surface area contributed by atoms with Crippen molar-refractivity contribution < 1.29 is 14.3 Å². The van der Waals surface area contributed by atoms with Crippen molar-refractivity contribution in [3.8, 4) is 11.5 Å². The van der Waals surface area contributed by atoms with Crippen LogP contribution in [0.1, 0.15) is 38.2 Å².